The average Bonchev–Trinajstić information content (AvgIpc) is 3.09. The van der Waals surface area contributed by atoms with Crippen molar-refractivity contribution in [3.05, 3.63) is 63.8 Å². The number of pyridine rings is 3. The minimum absolute atomic E-state index is 0.113. The van der Waals surface area contributed by atoms with Gasteiger partial charge < -0.3 is 14.4 Å². The van der Waals surface area contributed by atoms with Gasteiger partial charge in [-0.25, -0.2) is 4.98 Å². The lowest BCUT2D eigenvalue weighted by molar-refractivity contribution is 0.0664. The van der Waals surface area contributed by atoms with Crippen molar-refractivity contribution in [2.75, 3.05) is 19.1 Å². The first-order chi connectivity index (χ1) is 14.8. The molecule has 3 aromatic heterocycles. The molecule has 0 atom stereocenters. The van der Waals surface area contributed by atoms with Crippen molar-refractivity contribution in [2.24, 2.45) is 0 Å². The number of nitrogens with zero attached hydrogens (tertiary/aromatic N) is 4. The Kier molecular flexibility index (Phi) is 5.14. The van der Waals surface area contributed by atoms with Crippen LogP contribution in [0.2, 0.25) is 0 Å². The number of rotatable bonds is 5. The van der Waals surface area contributed by atoms with Crippen LogP contribution in [0, 0.1) is 6.92 Å². The van der Waals surface area contributed by atoms with E-state index in [2.05, 4.69) is 9.97 Å². The van der Waals surface area contributed by atoms with Crippen molar-refractivity contribution in [1.29, 1.82) is 0 Å². The zero-order valence-corrected chi connectivity index (χ0v) is 16.9. The Balaban J connectivity index is 1.72. The number of aryl methyl sites for hydroxylation is 1. The van der Waals surface area contributed by atoms with E-state index in [-0.39, 0.29) is 18.1 Å². The molecular weight excluding hydrogens is 410 g/mol. The molecule has 0 N–H and O–H groups in total. The number of alkyl halides is 2. The molecule has 0 spiro atoms. The minimum atomic E-state index is -2.95. The van der Waals surface area contributed by atoms with E-state index in [1.807, 2.05) is 0 Å². The third-order valence-corrected chi connectivity index (χ3v) is 5.04. The van der Waals surface area contributed by atoms with Crippen molar-refractivity contribution in [3.8, 4) is 22.9 Å². The van der Waals surface area contributed by atoms with Crippen LogP contribution in [-0.4, -0.2) is 34.7 Å². The monoisotopic (exact) mass is 428 g/mol. The van der Waals surface area contributed by atoms with Gasteiger partial charge in [-0.1, -0.05) is 0 Å². The van der Waals surface area contributed by atoms with Gasteiger partial charge in [-0.05, 0) is 30.7 Å². The second kappa shape index (κ2) is 7.78. The van der Waals surface area contributed by atoms with Gasteiger partial charge in [0.15, 0.2) is 5.75 Å². The fraction of sp³-hybridized carbons (Fsp3) is 0.238. The SMILES string of the molecule is COc1cc(-c2cc(C)c3c(n2)CN(c2ccn(C(F)F)c(=O)c2)C3=O)cnc1OC. The Morgan fingerprint density at radius 1 is 1.13 bits per heavy atom. The van der Waals surface area contributed by atoms with Gasteiger partial charge in [-0.3, -0.25) is 19.1 Å². The van der Waals surface area contributed by atoms with Crippen LogP contribution in [0.25, 0.3) is 11.3 Å². The molecule has 1 aliphatic rings. The fourth-order valence-corrected chi connectivity index (χ4v) is 3.54. The van der Waals surface area contributed by atoms with Crippen LogP contribution in [0.4, 0.5) is 14.5 Å². The smallest absolute Gasteiger partial charge is 0.321 e. The van der Waals surface area contributed by atoms with Gasteiger partial charge in [0.05, 0.1) is 43.4 Å². The number of fused-ring (bicyclic) bond motifs is 1. The standard InChI is InChI=1S/C21H18F2N4O4/c1-11-6-14(12-7-16(30-2)19(31-3)24-9-12)25-15-10-27(20(29)18(11)15)13-4-5-26(21(22)23)17(28)8-13/h4-9,21H,10H2,1-3H3. The summed E-state index contributed by atoms with van der Waals surface area (Å²) >= 11 is 0. The van der Waals surface area contributed by atoms with Crippen LogP contribution < -0.4 is 19.9 Å². The van der Waals surface area contributed by atoms with Crippen LogP contribution in [0.5, 0.6) is 11.6 Å². The number of amides is 1. The van der Waals surface area contributed by atoms with Gasteiger partial charge in [0.2, 0.25) is 0 Å². The number of anilines is 1. The molecule has 0 aliphatic carbocycles. The van der Waals surface area contributed by atoms with Gasteiger partial charge in [0.1, 0.15) is 0 Å². The van der Waals surface area contributed by atoms with Crippen molar-refractivity contribution >= 4 is 11.6 Å². The highest BCUT2D eigenvalue weighted by Gasteiger charge is 2.32. The highest BCUT2D eigenvalue weighted by atomic mass is 19.3. The van der Waals surface area contributed by atoms with Gasteiger partial charge in [0.25, 0.3) is 17.3 Å². The van der Waals surface area contributed by atoms with E-state index in [0.717, 1.165) is 12.3 Å². The first-order valence-corrected chi connectivity index (χ1v) is 9.25. The summed E-state index contributed by atoms with van der Waals surface area (Å²) in [5.74, 6) is 0.437. The third kappa shape index (κ3) is 3.49. The Labute approximate surface area is 175 Å². The number of hydrogen-bond acceptors (Lipinski definition) is 6. The van der Waals surface area contributed by atoms with E-state index in [1.54, 1.807) is 25.3 Å². The molecule has 0 fully saturated rings. The maximum Gasteiger partial charge on any atom is 0.321 e. The third-order valence-electron chi connectivity index (χ3n) is 5.04. The largest absolute Gasteiger partial charge is 0.491 e. The molecule has 1 amide bonds. The summed E-state index contributed by atoms with van der Waals surface area (Å²) < 4.78 is 36.4. The molecule has 1 aliphatic heterocycles. The molecular formula is C21H18F2N4O4. The van der Waals surface area contributed by atoms with E-state index in [1.165, 1.54) is 25.2 Å². The van der Waals surface area contributed by atoms with E-state index in [9.17, 15) is 18.4 Å². The predicted octanol–water partition coefficient (Wildman–Crippen LogP) is 3.19. The number of aromatic nitrogens is 3. The molecule has 10 heteroatoms. The van der Waals surface area contributed by atoms with Gasteiger partial charge in [0, 0.05) is 24.0 Å². The normalized spacial score (nSPS) is 13.0. The minimum Gasteiger partial charge on any atom is -0.491 e. The van der Waals surface area contributed by atoms with Gasteiger partial charge in [-0.2, -0.15) is 8.78 Å². The summed E-state index contributed by atoms with van der Waals surface area (Å²) in [5, 5.41) is 0. The molecule has 3 aromatic rings. The summed E-state index contributed by atoms with van der Waals surface area (Å²) in [5.41, 5.74) is 2.25. The lowest BCUT2D eigenvalue weighted by Crippen LogP contribution is -2.27. The number of hydrogen-bond donors (Lipinski definition) is 0. The Morgan fingerprint density at radius 3 is 2.55 bits per heavy atom. The number of ether oxygens (including phenoxy) is 2. The maximum atomic E-state index is 13.0. The zero-order chi connectivity index (χ0) is 22.3. The highest BCUT2D eigenvalue weighted by molar-refractivity contribution is 6.10. The van der Waals surface area contributed by atoms with Gasteiger partial charge in [-0.15, -0.1) is 0 Å². The summed E-state index contributed by atoms with van der Waals surface area (Å²) in [6.07, 6.45) is 2.56. The lowest BCUT2D eigenvalue weighted by Gasteiger charge is -2.16. The Hall–Kier alpha value is -3.82. The van der Waals surface area contributed by atoms with E-state index < -0.39 is 12.1 Å². The molecule has 4 heterocycles. The van der Waals surface area contributed by atoms with E-state index in [4.69, 9.17) is 9.47 Å². The molecule has 0 bridgehead atoms. The zero-order valence-electron chi connectivity index (χ0n) is 16.9. The number of carbonyl (C=O) groups is 1. The number of methoxy groups -OCH3 is 2. The van der Waals surface area contributed by atoms with Crippen LogP contribution in [0.3, 0.4) is 0 Å². The molecule has 0 unspecified atom stereocenters. The van der Waals surface area contributed by atoms with Crippen molar-refractivity contribution in [1.82, 2.24) is 14.5 Å². The molecule has 0 saturated heterocycles. The Bertz CT molecular complexity index is 1240. The summed E-state index contributed by atoms with van der Waals surface area (Å²) in [7, 11) is 2.99. The highest BCUT2D eigenvalue weighted by Crippen LogP contribution is 2.34. The molecule has 0 aromatic carbocycles. The number of halogens is 2. The summed E-state index contributed by atoms with van der Waals surface area (Å²) in [4.78, 5) is 35.1. The molecule has 0 saturated carbocycles. The lowest BCUT2D eigenvalue weighted by atomic mass is 10.0. The average molecular weight is 428 g/mol. The molecule has 4 rings (SSSR count). The first kappa shape index (κ1) is 20.5. The summed E-state index contributed by atoms with van der Waals surface area (Å²) in [6, 6.07) is 5.83. The molecule has 31 heavy (non-hydrogen) atoms. The Morgan fingerprint density at radius 2 is 1.90 bits per heavy atom. The fourth-order valence-electron chi connectivity index (χ4n) is 3.54. The van der Waals surface area contributed by atoms with Crippen LogP contribution in [0.1, 0.15) is 28.2 Å². The van der Waals surface area contributed by atoms with Crippen LogP contribution >= 0.6 is 0 Å². The molecule has 160 valence electrons. The first-order valence-electron chi connectivity index (χ1n) is 9.25. The van der Waals surface area contributed by atoms with E-state index in [0.29, 0.717) is 44.3 Å². The molecule has 8 nitrogen and oxygen atoms in total. The quantitative estimate of drug-likeness (QED) is 0.621. The predicted molar refractivity (Wildman–Crippen MR) is 108 cm³/mol. The van der Waals surface area contributed by atoms with Gasteiger partial charge >= 0.3 is 6.55 Å². The molecule has 0 radical (unpaired) electrons. The topological polar surface area (TPSA) is 86.6 Å². The second-order valence-corrected chi connectivity index (χ2v) is 6.88. The van der Waals surface area contributed by atoms with Crippen molar-refractivity contribution in [2.45, 2.75) is 20.0 Å². The second-order valence-electron chi connectivity index (χ2n) is 6.88. The van der Waals surface area contributed by atoms with E-state index >= 15 is 0 Å². The van der Waals surface area contributed by atoms with Crippen LogP contribution in [0.15, 0.2) is 41.5 Å². The maximum absolute atomic E-state index is 13.0. The van der Waals surface area contributed by atoms with Crippen molar-refractivity contribution < 1.29 is 23.0 Å². The van der Waals surface area contributed by atoms with Crippen molar-refractivity contribution in [3.63, 3.8) is 0 Å². The summed E-state index contributed by atoms with van der Waals surface area (Å²) in [6.45, 7) is -1.05. The number of carbonyl (C=O) groups excluding carboxylic acids is 1. The van der Waals surface area contributed by atoms with Crippen LogP contribution in [-0.2, 0) is 6.54 Å².